The summed E-state index contributed by atoms with van der Waals surface area (Å²) < 4.78 is 0. The molecule has 0 radical (unpaired) electrons. The van der Waals surface area contributed by atoms with E-state index in [1.54, 1.807) is 12.2 Å². The second kappa shape index (κ2) is 8.76. The Hall–Kier alpha value is 0.755. The van der Waals surface area contributed by atoms with Crippen molar-refractivity contribution in [3.63, 3.8) is 0 Å². The third-order valence-corrected chi connectivity index (χ3v) is 0.542. The van der Waals surface area contributed by atoms with E-state index in [1.807, 2.05) is 6.92 Å². The van der Waals surface area contributed by atoms with E-state index < -0.39 is 5.97 Å². The fourth-order valence-corrected chi connectivity index (χ4v) is 0.249. The van der Waals surface area contributed by atoms with Crippen LogP contribution in [0.1, 0.15) is 8.35 Å². The first-order chi connectivity index (χ1) is 3.77. The number of rotatable bonds is 2. The van der Waals surface area contributed by atoms with Crippen molar-refractivity contribution in [1.29, 1.82) is 0 Å². The average Bonchev–Trinajstić information content (AvgIpc) is 1.66. The third kappa shape index (κ3) is 12.1. The van der Waals surface area contributed by atoms with Crippen molar-refractivity contribution in [2.45, 2.75) is 6.92 Å². The normalized spacial score (nSPS) is 9.89. The average molecular weight is 199 g/mol. The molecule has 0 aliphatic rings. The van der Waals surface area contributed by atoms with E-state index in [0.29, 0.717) is 0 Å². The van der Waals surface area contributed by atoms with Crippen LogP contribution in [0.25, 0.3) is 0 Å². The van der Waals surface area contributed by atoms with E-state index in [1.165, 1.54) is 6.08 Å². The molecule has 0 saturated carbocycles. The van der Waals surface area contributed by atoms with Crippen LogP contribution in [0.5, 0.6) is 0 Å². The van der Waals surface area contributed by atoms with Gasteiger partial charge in [0.2, 0.25) is 0 Å². The molecule has 0 fully saturated rings. The molecule has 0 saturated heterocycles. The van der Waals surface area contributed by atoms with Gasteiger partial charge in [-0.15, -0.1) is 0 Å². The van der Waals surface area contributed by atoms with E-state index in [0.717, 1.165) is 6.08 Å². The fraction of sp³-hybridized carbons (Fsp3) is 0.167. The summed E-state index contributed by atoms with van der Waals surface area (Å²) >= 11 is 0. The quantitative estimate of drug-likeness (QED) is 0.425. The first-order valence-electron chi connectivity index (χ1n) is 2.29. The maximum absolute atomic E-state index is 9.75. The molecule has 1 N–H and O–H groups in total. The van der Waals surface area contributed by atoms with Crippen molar-refractivity contribution >= 4 is 5.97 Å². The van der Waals surface area contributed by atoms with Gasteiger partial charge in [-0.1, -0.05) is 18.2 Å². The van der Waals surface area contributed by atoms with E-state index >= 15 is 0 Å². The van der Waals surface area contributed by atoms with Crippen LogP contribution in [-0.4, -0.2) is 11.1 Å². The fourth-order valence-electron chi connectivity index (χ4n) is 0.249. The van der Waals surface area contributed by atoms with Gasteiger partial charge in [-0.05, 0) is 6.92 Å². The van der Waals surface area contributed by atoms with Gasteiger partial charge in [-0.3, -0.25) is 0 Å². The van der Waals surface area contributed by atoms with Crippen LogP contribution < -0.4 is 58.2 Å². The Balaban J connectivity index is -0.000000245. The Bertz CT molecular complexity index is 132. The Kier molecular flexibility index (Phi) is 12.1. The zero-order valence-electron chi connectivity index (χ0n) is 6.66. The van der Waals surface area contributed by atoms with Crippen molar-refractivity contribution in [2.24, 2.45) is 0 Å². The monoisotopic (exact) mass is 198 g/mol. The summed E-state index contributed by atoms with van der Waals surface area (Å²) in [6.07, 6.45) is 5.98. The van der Waals surface area contributed by atoms with Crippen molar-refractivity contribution in [2.75, 3.05) is 0 Å². The van der Waals surface area contributed by atoms with E-state index in [-0.39, 0.29) is 59.6 Å². The molecule has 0 aliphatic carbocycles. The molecule has 9 heavy (non-hydrogen) atoms. The predicted octanol–water partition coefficient (Wildman–Crippen LogP) is -1.68. The minimum Gasteiger partial charge on any atom is -1.00 e. The maximum Gasteiger partial charge on any atom is 1.00 e. The summed E-state index contributed by atoms with van der Waals surface area (Å²) in [5, 5.41) is 8.02. The van der Waals surface area contributed by atoms with Crippen molar-refractivity contribution in [3.05, 3.63) is 24.3 Å². The first-order valence-corrected chi connectivity index (χ1v) is 2.29. The number of hydrogen-bond acceptors (Lipinski definition) is 1. The van der Waals surface area contributed by atoms with Crippen LogP contribution in [0.15, 0.2) is 24.3 Å². The topological polar surface area (TPSA) is 37.3 Å². The molecule has 0 aromatic heterocycles. The molecule has 0 amide bonds. The van der Waals surface area contributed by atoms with Crippen molar-refractivity contribution < 1.29 is 69.5 Å². The molecule has 0 spiro atoms. The van der Waals surface area contributed by atoms with Crippen molar-refractivity contribution in [3.8, 4) is 0 Å². The minimum atomic E-state index is -0.914. The molecule has 0 rings (SSSR count). The first kappa shape index (κ1) is 12.4. The molecule has 0 unspecified atom stereocenters. The molecule has 2 nitrogen and oxygen atoms in total. The summed E-state index contributed by atoms with van der Waals surface area (Å²) in [4.78, 5) is 9.75. The zero-order valence-corrected chi connectivity index (χ0v) is 10.6. The summed E-state index contributed by atoms with van der Waals surface area (Å²) in [6.45, 7) is 1.83. The van der Waals surface area contributed by atoms with Gasteiger partial charge >= 0.3 is 64.2 Å². The van der Waals surface area contributed by atoms with Gasteiger partial charge in [0.1, 0.15) is 0 Å². The van der Waals surface area contributed by atoms with Crippen LogP contribution in [0.3, 0.4) is 0 Å². The van der Waals surface area contributed by atoms with Crippen LogP contribution >= 0.6 is 0 Å². The number of carboxylic acids is 1. The van der Waals surface area contributed by atoms with Gasteiger partial charge < -0.3 is 6.53 Å². The summed E-state index contributed by atoms with van der Waals surface area (Å²) in [6, 6.07) is 0. The molecule has 3 heteroatoms. The Morgan fingerprint density at radius 1 is 1.56 bits per heavy atom. The smallest absolute Gasteiger partial charge is 1.00 e. The largest absolute Gasteiger partial charge is 1.00 e. The molecular formula is C6H9O2Rb. The molecule has 0 atom stereocenters. The number of carbonyl (C=O) groups is 1. The van der Waals surface area contributed by atoms with Crippen molar-refractivity contribution in [1.82, 2.24) is 0 Å². The van der Waals surface area contributed by atoms with Gasteiger partial charge in [-0.25, -0.2) is 4.79 Å². The molecule has 0 heterocycles. The standard InChI is InChI=1S/C6H8O2.Rb.H/c1-2-3-4-5-6(7)8;;/h2-5H,1H3,(H,7,8);;/q;+1;-1/b3-2+,5-4+;;. The van der Waals surface area contributed by atoms with Gasteiger partial charge in [0.25, 0.3) is 0 Å². The number of aliphatic carboxylic acids is 1. The third-order valence-electron chi connectivity index (χ3n) is 0.542. The minimum absolute atomic E-state index is 0. The maximum atomic E-state index is 9.75. The van der Waals surface area contributed by atoms with E-state index in [2.05, 4.69) is 0 Å². The zero-order chi connectivity index (χ0) is 6.41. The van der Waals surface area contributed by atoms with Gasteiger partial charge in [0.15, 0.2) is 0 Å². The van der Waals surface area contributed by atoms with Crippen LogP contribution in [0, 0.1) is 0 Å². The van der Waals surface area contributed by atoms with Gasteiger partial charge in [-0.2, -0.15) is 0 Å². The second-order valence-corrected chi connectivity index (χ2v) is 1.22. The van der Waals surface area contributed by atoms with E-state index in [4.69, 9.17) is 5.11 Å². The number of carboxylic acid groups (broad SMARTS) is 1. The number of allylic oxidation sites excluding steroid dienone is 3. The molecule has 0 aromatic carbocycles. The molecule has 0 aliphatic heterocycles. The Morgan fingerprint density at radius 3 is 2.44 bits per heavy atom. The van der Waals surface area contributed by atoms with Gasteiger partial charge in [0, 0.05) is 6.08 Å². The van der Waals surface area contributed by atoms with Gasteiger partial charge in [0.05, 0.1) is 0 Å². The SMILES string of the molecule is C/C=C/C=C/C(=O)O.[H-].[Rb+]. The van der Waals surface area contributed by atoms with Crippen LogP contribution in [0.4, 0.5) is 0 Å². The summed E-state index contributed by atoms with van der Waals surface area (Å²) in [7, 11) is 0. The Labute approximate surface area is 105 Å². The molecule has 0 aromatic rings. The molecule has 46 valence electrons. The predicted molar refractivity (Wildman–Crippen MR) is 32.7 cm³/mol. The summed E-state index contributed by atoms with van der Waals surface area (Å²) in [5.41, 5.74) is 0. The van der Waals surface area contributed by atoms with E-state index in [9.17, 15) is 4.79 Å². The van der Waals surface area contributed by atoms with Crippen LogP contribution in [-0.2, 0) is 4.79 Å². The molecular weight excluding hydrogens is 190 g/mol. The Morgan fingerprint density at radius 2 is 2.11 bits per heavy atom. The molecule has 0 bridgehead atoms. The summed E-state index contributed by atoms with van der Waals surface area (Å²) in [5.74, 6) is -0.914. The number of hydrogen-bond donors (Lipinski definition) is 1. The van der Waals surface area contributed by atoms with Crippen LogP contribution in [0.2, 0.25) is 0 Å². The second-order valence-electron chi connectivity index (χ2n) is 1.22.